The van der Waals surface area contributed by atoms with E-state index >= 15 is 0 Å². The van der Waals surface area contributed by atoms with Crippen molar-refractivity contribution in [2.45, 2.75) is 45.8 Å². The van der Waals surface area contributed by atoms with Gasteiger partial charge in [-0.2, -0.15) is 0 Å². The number of rotatable bonds is 10. The summed E-state index contributed by atoms with van der Waals surface area (Å²) in [6.45, 7) is 4.85. The van der Waals surface area contributed by atoms with E-state index in [9.17, 15) is 18.0 Å². The van der Waals surface area contributed by atoms with Gasteiger partial charge in [0.2, 0.25) is 21.8 Å². The zero-order valence-electron chi connectivity index (χ0n) is 19.4. The van der Waals surface area contributed by atoms with E-state index in [1.54, 1.807) is 49.4 Å². The first kappa shape index (κ1) is 28.7. The number of hydrogen-bond donors (Lipinski definition) is 1. The van der Waals surface area contributed by atoms with Crippen molar-refractivity contribution in [3.05, 3.63) is 61.6 Å². The molecule has 2 atom stereocenters. The number of amides is 2. The molecule has 0 fully saturated rings. The highest BCUT2D eigenvalue weighted by Gasteiger charge is 2.31. The number of nitrogens with one attached hydrogen (secondary N) is 1. The number of sulfonamides is 1. The molecule has 0 aliphatic rings. The van der Waals surface area contributed by atoms with Crippen LogP contribution in [0, 0.1) is 3.57 Å². The third-order valence-corrected chi connectivity index (χ3v) is 7.92. The molecule has 0 bridgehead atoms. The summed E-state index contributed by atoms with van der Waals surface area (Å²) in [6.07, 6.45) is 1.75. The van der Waals surface area contributed by atoms with E-state index < -0.39 is 28.5 Å². The summed E-state index contributed by atoms with van der Waals surface area (Å²) in [7, 11) is -3.79. The van der Waals surface area contributed by atoms with Crippen LogP contribution in [-0.2, 0) is 26.2 Å². The summed E-state index contributed by atoms with van der Waals surface area (Å²) in [5, 5.41) is 3.56. The Morgan fingerprint density at radius 2 is 1.62 bits per heavy atom. The summed E-state index contributed by atoms with van der Waals surface area (Å²) in [4.78, 5) is 27.7. The molecule has 0 saturated carbocycles. The van der Waals surface area contributed by atoms with Crippen LogP contribution in [0.15, 0.2) is 42.5 Å². The van der Waals surface area contributed by atoms with Crippen molar-refractivity contribution in [1.29, 1.82) is 0 Å². The van der Waals surface area contributed by atoms with E-state index in [-0.39, 0.29) is 18.5 Å². The lowest BCUT2D eigenvalue weighted by molar-refractivity contribution is -0.139. The molecule has 2 rings (SSSR count). The van der Waals surface area contributed by atoms with Crippen LogP contribution in [0.25, 0.3) is 0 Å². The Kier molecular flexibility index (Phi) is 10.5. The van der Waals surface area contributed by atoms with Gasteiger partial charge in [0.1, 0.15) is 12.6 Å². The van der Waals surface area contributed by atoms with E-state index in [1.165, 1.54) is 4.90 Å². The van der Waals surface area contributed by atoms with Gasteiger partial charge >= 0.3 is 0 Å². The maximum Gasteiger partial charge on any atom is 0.244 e. The third kappa shape index (κ3) is 7.73. The quantitative estimate of drug-likeness (QED) is 0.382. The van der Waals surface area contributed by atoms with Crippen molar-refractivity contribution in [2.24, 2.45) is 0 Å². The molecule has 0 aliphatic heterocycles. The van der Waals surface area contributed by atoms with Gasteiger partial charge in [0, 0.05) is 31.8 Å². The van der Waals surface area contributed by atoms with Crippen molar-refractivity contribution < 1.29 is 18.0 Å². The second kappa shape index (κ2) is 12.4. The summed E-state index contributed by atoms with van der Waals surface area (Å²) >= 11 is 14.8. The second-order valence-electron chi connectivity index (χ2n) is 7.96. The predicted molar refractivity (Wildman–Crippen MR) is 146 cm³/mol. The molecule has 186 valence electrons. The van der Waals surface area contributed by atoms with Gasteiger partial charge in [-0.05, 0) is 79.3 Å². The standard InChI is InChI=1S/C23H28Cl2IN3O4S/c1-5-15(2)27-23(31)16(3)28(13-19-20(24)7-6-8-21(19)25)22(30)14-29(34(4,32)33)18-11-9-17(26)10-12-18/h6-12,15-16H,5,13-14H2,1-4H3,(H,27,31)/t15-,16-/m0/s1. The Morgan fingerprint density at radius 3 is 2.12 bits per heavy atom. The van der Waals surface area contributed by atoms with E-state index in [0.717, 1.165) is 20.6 Å². The second-order valence-corrected chi connectivity index (χ2v) is 11.9. The lowest BCUT2D eigenvalue weighted by Gasteiger charge is -2.32. The molecule has 0 unspecified atom stereocenters. The minimum Gasteiger partial charge on any atom is -0.352 e. The van der Waals surface area contributed by atoms with Gasteiger partial charge in [-0.3, -0.25) is 13.9 Å². The Labute approximate surface area is 225 Å². The van der Waals surface area contributed by atoms with Gasteiger partial charge in [0.25, 0.3) is 0 Å². The molecule has 0 aliphatic carbocycles. The maximum atomic E-state index is 13.5. The highest BCUT2D eigenvalue weighted by molar-refractivity contribution is 14.1. The van der Waals surface area contributed by atoms with Crippen LogP contribution in [0.1, 0.15) is 32.8 Å². The molecule has 1 N–H and O–H groups in total. The minimum atomic E-state index is -3.79. The van der Waals surface area contributed by atoms with Crippen LogP contribution in [-0.4, -0.2) is 50.0 Å². The molecule has 2 aromatic carbocycles. The van der Waals surface area contributed by atoms with E-state index in [0.29, 0.717) is 21.3 Å². The minimum absolute atomic E-state index is 0.0588. The molecule has 2 amide bonds. The largest absolute Gasteiger partial charge is 0.352 e. The van der Waals surface area contributed by atoms with Crippen molar-refractivity contribution in [3.63, 3.8) is 0 Å². The average Bonchev–Trinajstić information content (AvgIpc) is 2.76. The molecule has 0 saturated heterocycles. The Hall–Kier alpha value is -1.56. The molecule has 0 aromatic heterocycles. The Bertz CT molecular complexity index is 1110. The lowest BCUT2D eigenvalue weighted by atomic mass is 10.1. The van der Waals surface area contributed by atoms with E-state index in [4.69, 9.17) is 23.2 Å². The SMILES string of the molecule is CC[C@H](C)NC(=O)[C@H](C)N(Cc1c(Cl)cccc1Cl)C(=O)CN(c1ccc(I)cc1)S(C)(=O)=O. The van der Waals surface area contributed by atoms with Crippen molar-refractivity contribution in [1.82, 2.24) is 10.2 Å². The van der Waals surface area contributed by atoms with Gasteiger partial charge in [-0.1, -0.05) is 36.2 Å². The summed E-state index contributed by atoms with van der Waals surface area (Å²) < 4.78 is 27.1. The number of hydrogen-bond acceptors (Lipinski definition) is 4. The van der Waals surface area contributed by atoms with Gasteiger partial charge in [-0.15, -0.1) is 0 Å². The molecule has 0 radical (unpaired) electrons. The summed E-state index contributed by atoms with van der Waals surface area (Å²) in [5.74, 6) is -0.919. The molecular formula is C23H28Cl2IN3O4S. The van der Waals surface area contributed by atoms with Gasteiger partial charge in [0.15, 0.2) is 0 Å². The van der Waals surface area contributed by atoms with Crippen LogP contribution >= 0.6 is 45.8 Å². The zero-order valence-corrected chi connectivity index (χ0v) is 23.9. The molecule has 7 nitrogen and oxygen atoms in total. The number of benzene rings is 2. The van der Waals surface area contributed by atoms with Gasteiger partial charge in [0.05, 0.1) is 11.9 Å². The molecule has 2 aromatic rings. The first-order valence-corrected chi connectivity index (χ1v) is 14.3. The fourth-order valence-electron chi connectivity index (χ4n) is 3.12. The lowest BCUT2D eigenvalue weighted by Crippen LogP contribution is -2.52. The Morgan fingerprint density at radius 1 is 1.06 bits per heavy atom. The maximum absolute atomic E-state index is 13.5. The number of carbonyl (C=O) groups is 2. The molecule has 0 spiro atoms. The van der Waals surface area contributed by atoms with Crippen LogP contribution in [0.4, 0.5) is 5.69 Å². The van der Waals surface area contributed by atoms with Crippen LogP contribution in [0.5, 0.6) is 0 Å². The number of anilines is 1. The van der Waals surface area contributed by atoms with Crippen LogP contribution in [0.2, 0.25) is 10.0 Å². The van der Waals surface area contributed by atoms with Crippen molar-refractivity contribution >= 4 is 73.3 Å². The van der Waals surface area contributed by atoms with Crippen LogP contribution < -0.4 is 9.62 Å². The fourth-order valence-corrected chi connectivity index (χ4v) is 4.85. The smallest absolute Gasteiger partial charge is 0.244 e. The molecular weight excluding hydrogens is 612 g/mol. The van der Waals surface area contributed by atoms with Crippen molar-refractivity contribution in [3.8, 4) is 0 Å². The van der Waals surface area contributed by atoms with E-state index in [2.05, 4.69) is 27.9 Å². The van der Waals surface area contributed by atoms with Gasteiger partial charge in [-0.25, -0.2) is 8.42 Å². The third-order valence-electron chi connectivity index (χ3n) is 5.35. The Balaban J connectivity index is 2.43. The van der Waals surface area contributed by atoms with Crippen LogP contribution in [0.3, 0.4) is 0 Å². The fraction of sp³-hybridized carbons (Fsp3) is 0.391. The average molecular weight is 640 g/mol. The summed E-state index contributed by atoms with van der Waals surface area (Å²) in [6, 6.07) is 10.7. The highest BCUT2D eigenvalue weighted by atomic mass is 127. The monoisotopic (exact) mass is 639 g/mol. The zero-order chi connectivity index (χ0) is 25.6. The first-order chi connectivity index (χ1) is 15.8. The molecule has 0 heterocycles. The molecule has 34 heavy (non-hydrogen) atoms. The number of nitrogens with zero attached hydrogens (tertiary/aromatic N) is 2. The predicted octanol–water partition coefficient (Wildman–Crippen LogP) is 4.70. The van der Waals surface area contributed by atoms with E-state index in [1.807, 2.05) is 13.8 Å². The number of carbonyl (C=O) groups excluding carboxylic acids is 2. The first-order valence-electron chi connectivity index (χ1n) is 10.6. The normalized spacial score (nSPS) is 13.1. The van der Waals surface area contributed by atoms with Crippen molar-refractivity contribution in [2.75, 3.05) is 17.1 Å². The number of halogens is 3. The highest BCUT2D eigenvalue weighted by Crippen LogP contribution is 2.27. The molecule has 11 heteroatoms. The van der Waals surface area contributed by atoms with Gasteiger partial charge < -0.3 is 10.2 Å². The summed E-state index contributed by atoms with van der Waals surface area (Å²) in [5.41, 5.74) is 0.825. The topological polar surface area (TPSA) is 86.8 Å².